The summed E-state index contributed by atoms with van der Waals surface area (Å²) in [6, 6.07) is 5.89. The number of halogens is 1. The maximum atomic E-state index is 12.9. The molecule has 0 bridgehead atoms. The van der Waals surface area contributed by atoms with Crippen molar-refractivity contribution in [2.45, 2.75) is 26.7 Å². The average Bonchev–Trinajstić information content (AvgIpc) is 2.41. The van der Waals surface area contributed by atoms with Gasteiger partial charge in [0.15, 0.2) is 0 Å². The highest BCUT2D eigenvalue weighted by molar-refractivity contribution is 5.97. The molecule has 0 aliphatic heterocycles. The number of amides is 1. The van der Waals surface area contributed by atoms with Gasteiger partial charge in [0.2, 0.25) is 5.91 Å². The van der Waals surface area contributed by atoms with Crippen molar-refractivity contribution in [3.8, 4) is 0 Å². The predicted octanol–water partition coefficient (Wildman–Crippen LogP) is 2.55. The van der Waals surface area contributed by atoms with Crippen LogP contribution in [0, 0.1) is 11.2 Å². The Labute approximate surface area is 108 Å². The van der Waals surface area contributed by atoms with E-state index in [1.807, 2.05) is 13.8 Å². The number of anilines is 1. The third-order valence-corrected chi connectivity index (χ3v) is 3.72. The van der Waals surface area contributed by atoms with Gasteiger partial charge in [-0.25, -0.2) is 4.39 Å². The van der Waals surface area contributed by atoms with Crippen LogP contribution >= 0.6 is 0 Å². The molecule has 0 aromatic heterocycles. The van der Waals surface area contributed by atoms with Gasteiger partial charge < -0.3 is 10.6 Å². The third kappa shape index (κ3) is 2.70. The summed E-state index contributed by atoms with van der Waals surface area (Å²) in [5, 5.41) is 0. The van der Waals surface area contributed by atoms with Crippen LogP contribution in [0.5, 0.6) is 0 Å². The molecule has 1 rings (SSSR count). The first-order valence-electron chi connectivity index (χ1n) is 6.24. The molecule has 0 radical (unpaired) electrons. The highest BCUT2D eigenvalue weighted by Gasteiger charge is 2.36. The fraction of sp³-hybridized carbons (Fsp3) is 0.500. The number of rotatable bonds is 5. The van der Waals surface area contributed by atoms with Gasteiger partial charge in [-0.3, -0.25) is 4.79 Å². The number of carbonyl (C=O) groups excluding carboxylic acids is 1. The maximum Gasteiger partial charge on any atom is 0.234 e. The molecular weight excluding hydrogens is 231 g/mol. The second-order valence-electron chi connectivity index (χ2n) is 4.53. The van der Waals surface area contributed by atoms with Crippen molar-refractivity contribution in [2.24, 2.45) is 11.1 Å². The Morgan fingerprint density at radius 1 is 1.28 bits per heavy atom. The summed E-state index contributed by atoms with van der Waals surface area (Å²) in [6.45, 7) is 4.25. The van der Waals surface area contributed by atoms with E-state index in [0.29, 0.717) is 25.1 Å². The molecular formula is C14H21FN2O. The van der Waals surface area contributed by atoms with Crippen molar-refractivity contribution in [1.82, 2.24) is 0 Å². The zero-order chi connectivity index (χ0) is 13.8. The van der Waals surface area contributed by atoms with Gasteiger partial charge in [-0.05, 0) is 37.1 Å². The van der Waals surface area contributed by atoms with Gasteiger partial charge >= 0.3 is 0 Å². The molecule has 0 spiro atoms. The van der Waals surface area contributed by atoms with Crippen LogP contribution in [0.25, 0.3) is 0 Å². The van der Waals surface area contributed by atoms with Gasteiger partial charge in [0.05, 0.1) is 5.41 Å². The average molecular weight is 252 g/mol. The molecule has 0 heterocycles. The second kappa shape index (κ2) is 5.96. The molecule has 0 atom stereocenters. The van der Waals surface area contributed by atoms with Crippen molar-refractivity contribution >= 4 is 11.6 Å². The summed E-state index contributed by atoms with van der Waals surface area (Å²) in [7, 11) is 1.70. The van der Waals surface area contributed by atoms with Crippen LogP contribution in [0.3, 0.4) is 0 Å². The lowest BCUT2D eigenvalue weighted by atomic mass is 9.81. The van der Waals surface area contributed by atoms with Crippen LogP contribution < -0.4 is 10.6 Å². The molecule has 1 aromatic rings. The smallest absolute Gasteiger partial charge is 0.234 e. The first kappa shape index (κ1) is 14.6. The second-order valence-corrected chi connectivity index (χ2v) is 4.53. The largest absolute Gasteiger partial charge is 0.329 e. The Hall–Kier alpha value is -1.42. The Morgan fingerprint density at radius 2 is 1.78 bits per heavy atom. The lowest BCUT2D eigenvalue weighted by molar-refractivity contribution is -0.127. The zero-order valence-corrected chi connectivity index (χ0v) is 11.2. The lowest BCUT2D eigenvalue weighted by Gasteiger charge is -2.33. The summed E-state index contributed by atoms with van der Waals surface area (Å²) < 4.78 is 12.9. The van der Waals surface area contributed by atoms with Crippen molar-refractivity contribution in [3.05, 3.63) is 30.1 Å². The van der Waals surface area contributed by atoms with E-state index in [1.165, 1.54) is 12.1 Å². The van der Waals surface area contributed by atoms with Gasteiger partial charge in [0, 0.05) is 19.3 Å². The monoisotopic (exact) mass is 252 g/mol. The topological polar surface area (TPSA) is 46.3 Å². The van der Waals surface area contributed by atoms with E-state index < -0.39 is 5.41 Å². The van der Waals surface area contributed by atoms with Gasteiger partial charge in [0.25, 0.3) is 0 Å². The predicted molar refractivity (Wildman–Crippen MR) is 71.9 cm³/mol. The number of carbonyl (C=O) groups is 1. The molecule has 0 fully saturated rings. The van der Waals surface area contributed by atoms with Gasteiger partial charge in [0.1, 0.15) is 5.82 Å². The molecule has 0 aliphatic rings. The molecule has 1 amide bonds. The summed E-state index contributed by atoms with van der Waals surface area (Å²) in [4.78, 5) is 14.1. The van der Waals surface area contributed by atoms with Gasteiger partial charge in [-0.1, -0.05) is 13.8 Å². The summed E-state index contributed by atoms with van der Waals surface area (Å²) >= 11 is 0. The van der Waals surface area contributed by atoms with Crippen LogP contribution in [0.4, 0.5) is 10.1 Å². The van der Waals surface area contributed by atoms with Crippen LogP contribution in [-0.4, -0.2) is 19.5 Å². The minimum atomic E-state index is -0.525. The van der Waals surface area contributed by atoms with Crippen molar-refractivity contribution in [2.75, 3.05) is 18.5 Å². The molecule has 100 valence electrons. The van der Waals surface area contributed by atoms with Crippen LogP contribution in [-0.2, 0) is 4.79 Å². The van der Waals surface area contributed by atoms with E-state index in [9.17, 15) is 9.18 Å². The van der Waals surface area contributed by atoms with Crippen molar-refractivity contribution in [1.29, 1.82) is 0 Å². The van der Waals surface area contributed by atoms with E-state index in [1.54, 1.807) is 24.1 Å². The highest BCUT2D eigenvalue weighted by Crippen LogP contribution is 2.29. The highest BCUT2D eigenvalue weighted by atomic mass is 19.1. The number of nitrogens with two attached hydrogens (primary N) is 1. The quantitative estimate of drug-likeness (QED) is 0.875. The van der Waals surface area contributed by atoms with E-state index in [-0.39, 0.29) is 11.7 Å². The van der Waals surface area contributed by atoms with Crippen LogP contribution in [0.15, 0.2) is 24.3 Å². The molecule has 18 heavy (non-hydrogen) atoms. The van der Waals surface area contributed by atoms with E-state index >= 15 is 0 Å². The van der Waals surface area contributed by atoms with E-state index in [0.717, 1.165) is 0 Å². The maximum absolute atomic E-state index is 12.9. The Morgan fingerprint density at radius 3 is 2.17 bits per heavy atom. The SMILES string of the molecule is CCC(CC)(CN)C(=O)N(C)c1ccc(F)cc1. The number of benzene rings is 1. The fourth-order valence-corrected chi connectivity index (χ4v) is 2.07. The fourth-order valence-electron chi connectivity index (χ4n) is 2.07. The summed E-state index contributed by atoms with van der Waals surface area (Å²) in [5.74, 6) is -0.322. The lowest BCUT2D eigenvalue weighted by Crippen LogP contribution is -2.46. The number of hydrogen-bond acceptors (Lipinski definition) is 2. The van der Waals surface area contributed by atoms with E-state index in [4.69, 9.17) is 5.73 Å². The molecule has 3 nitrogen and oxygen atoms in total. The van der Waals surface area contributed by atoms with Crippen molar-refractivity contribution in [3.63, 3.8) is 0 Å². The van der Waals surface area contributed by atoms with Crippen LogP contribution in [0.2, 0.25) is 0 Å². The molecule has 1 aromatic carbocycles. The Balaban J connectivity index is 2.99. The number of hydrogen-bond donors (Lipinski definition) is 1. The van der Waals surface area contributed by atoms with Gasteiger partial charge in [-0.2, -0.15) is 0 Å². The van der Waals surface area contributed by atoms with E-state index in [2.05, 4.69) is 0 Å². The molecule has 0 saturated carbocycles. The standard InChI is InChI=1S/C14H21FN2O/c1-4-14(5-2,10-16)13(18)17(3)12-8-6-11(15)7-9-12/h6-9H,4-5,10,16H2,1-3H3. The molecule has 0 unspecified atom stereocenters. The summed E-state index contributed by atoms with van der Waals surface area (Å²) in [5.41, 5.74) is 5.92. The summed E-state index contributed by atoms with van der Waals surface area (Å²) in [6.07, 6.45) is 1.40. The molecule has 2 N–H and O–H groups in total. The minimum Gasteiger partial charge on any atom is -0.329 e. The molecule has 0 aliphatic carbocycles. The first-order valence-corrected chi connectivity index (χ1v) is 6.24. The molecule has 0 saturated heterocycles. The van der Waals surface area contributed by atoms with Gasteiger partial charge in [-0.15, -0.1) is 0 Å². The van der Waals surface area contributed by atoms with Crippen LogP contribution in [0.1, 0.15) is 26.7 Å². The number of nitrogens with zero attached hydrogens (tertiary/aromatic N) is 1. The normalized spacial score (nSPS) is 11.4. The Kier molecular flexibility index (Phi) is 4.84. The zero-order valence-electron chi connectivity index (χ0n) is 11.2. The first-order chi connectivity index (χ1) is 8.50. The van der Waals surface area contributed by atoms with Crippen molar-refractivity contribution < 1.29 is 9.18 Å². The molecule has 4 heteroatoms. The Bertz CT molecular complexity index is 390. The third-order valence-electron chi connectivity index (χ3n) is 3.72. The minimum absolute atomic E-state index is 0.0124.